The molecular formula is C30H38O4Si. The molecule has 2 aromatic carbocycles. The van der Waals surface area contributed by atoms with Gasteiger partial charge in [-0.3, -0.25) is 9.59 Å². The molecule has 2 aliphatic rings. The predicted octanol–water partition coefficient (Wildman–Crippen LogP) is 5.20. The first-order chi connectivity index (χ1) is 16.7. The van der Waals surface area contributed by atoms with Gasteiger partial charge in [0.2, 0.25) is 0 Å². The quantitative estimate of drug-likeness (QED) is 0.437. The van der Waals surface area contributed by atoms with Crippen molar-refractivity contribution < 1.29 is 18.8 Å². The first kappa shape index (κ1) is 25.6. The Morgan fingerprint density at radius 1 is 0.886 bits per heavy atom. The van der Waals surface area contributed by atoms with E-state index in [0.29, 0.717) is 0 Å². The van der Waals surface area contributed by atoms with Crippen LogP contribution in [0.3, 0.4) is 0 Å². The summed E-state index contributed by atoms with van der Waals surface area (Å²) in [6, 6.07) is 21.0. The number of hydrogen-bond donors (Lipinski definition) is 0. The third kappa shape index (κ3) is 5.36. The lowest BCUT2D eigenvalue weighted by atomic mass is 9.75. The number of hydrogen-bond acceptors (Lipinski definition) is 4. The van der Waals surface area contributed by atoms with E-state index in [0.717, 1.165) is 25.7 Å². The molecule has 0 bridgehead atoms. The molecule has 5 heteroatoms. The molecule has 4 atom stereocenters. The lowest BCUT2D eigenvalue weighted by Gasteiger charge is -2.47. The molecule has 186 valence electrons. The molecule has 1 fully saturated rings. The van der Waals surface area contributed by atoms with Gasteiger partial charge in [0.1, 0.15) is 0 Å². The van der Waals surface area contributed by atoms with Gasteiger partial charge < -0.3 is 9.16 Å². The molecule has 0 N–H and O–H groups in total. The van der Waals surface area contributed by atoms with Crippen molar-refractivity contribution in [2.24, 2.45) is 11.8 Å². The van der Waals surface area contributed by atoms with E-state index < -0.39 is 8.32 Å². The molecule has 1 heterocycles. The van der Waals surface area contributed by atoms with Crippen molar-refractivity contribution >= 4 is 30.4 Å². The summed E-state index contributed by atoms with van der Waals surface area (Å²) >= 11 is 0. The van der Waals surface area contributed by atoms with Crippen LogP contribution >= 0.6 is 0 Å². The minimum Gasteiger partial charge on any atom is -0.463 e. The van der Waals surface area contributed by atoms with Gasteiger partial charge in [0.25, 0.3) is 8.32 Å². The van der Waals surface area contributed by atoms with Crippen molar-refractivity contribution in [1.82, 2.24) is 0 Å². The molecule has 1 aliphatic carbocycles. The van der Waals surface area contributed by atoms with Crippen LogP contribution in [0.1, 0.15) is 59.8 Å². The van der Waals surface area contributed by atoms with Crippen molar-refractivity contribution in [3.8, 4) is 0 Å². The van der Waals surface area contributed by atoms with Gasteiger partial charge in [0.15, 0.2) is 5.78 Å². The van der Waals surface area contributed by atoms with Gasteiger partial charge in [0, 0.05) is 11.8 Å². The van der Waals surface area contributed by atoms with Crippen LogP contribution in [0.5, 0.6) is 0 Å². The largest absolute Gasteiger partial charge is 0.463 e. The van der Waals surface area contributed by atoms with Crippen molar-refractivity contribution in [2.45, 2.75) is 77.0 Å². The SMILES string of the molecule is C[C@H]1CCCC[C@@H]2C(=O)C=C[C@H](O[Si](c3ccccc3)(c3ccccc3)C(C)(C)C)[C@@H]2CC(=O)O1. The van der Waals surface area contributed by atoms with Gasteiger partial charge in [-0.1, -0.05) is 93.9 Å². The zero-order valence-electron chi connectivity index (χ0n) is 21.4. The van der Waals surface area contributed by atoms with E-state index in [1.54, 1.807) is 6.08 Å². The Morgan fingerprint density at radius 2 is 1.46 bits per heavy atom. The number of rotatable bonds is 4. The topological polar surface area (TPSA) is 52.6 Å². The van der Waals surface area contributed by atoms with E-state index >= 15 is 0 Å². The van der Waals surface area contributed by atoms with Crippen molar-refractivity contribution in [1.29, 1.82) is 0 Å². The summed E-state index contributed by atoms with van der Waals surface area (Å²) in [6.45, 7) is 8.70. The summed E-state index contributed by atoms with van der Waals surface area (Å²) in [6.07, 6.45) is 6.91. The number of allylic oxidation sites excluding steroid dienone is 1. The minimum atomic E-state index is -2.84. The second kappa shape index (κ2) is 10.6. The summed E-state index contributed by atoms with van der Waals surface area (Å²) in [4.78, 5) is 25.9. The average molecular weight is 491 g/mol. The third-order valence-corrected chi connectivity index (χ3v) is 12.6. The van der Waals surface area contributed by atoms with Crippen molar-refractivity contribution in [3.05, 3.63) is 72.8 Å². The van der Waals surface area contributed by atoms with E-state index in [2.05, 4.69) is 69.3 Å². The fraction of sp³-hybridized carbons (Fsp3) is 0.467. The number of benzene rings is 2. The Balaban J connectivity index is 1.81. The second-order valence-corrected chi connectivity index (χ2v) is 15.3. The van der Waals surface area contributed by atoms with Crippen LogP contribution in [-0.4, -0.2) is 32.3 Å². The Labute approximate surface area is 210 Å². The van der Waals surface area contributed by atoms with Gasteiger partial charge in [-0.05, 0) is 47.7 Å². The van der Waals surface area contributed by atoms with Crippen LogP contribution in [-0.2, 0) is 18.8 Å². The van der Waals surface area contributed by atoms with Gasteiger partial charge in [-0.2, -0.15) is 0 Å². The smallest absolute Gasteiger partial charge is 0.306 e. The van der Waals surface area contributed by atoms with Crippen LogP contribution in [0, 0.1) is 11.8 Å². The molecular weight excluding hydrogens is 452 g/mol. The molecule has 35 heavy (non-hydrogen) atoms. The van der Waals surface area contributed by atoms with E-state index in [-0.39, 0.29) is 47.3 Å². The molecule has 2 aromatic rings. The second-order valence-electron chi connectivity index (χ2n) is 11.1. The fourth-order valence-corrected chi connectivity index (χ4v) is 10.5. The Morgan fingerprint density at radius 3 is 2.03 bits per heavy atom. The highest BCUT2D eigenvalue weighted by Gasteiger charge is 2.53. The maximum absolute atomic E-state index is 13.0. The van der Waals surface area contributed by atoms with Crippen molar-refractivity contribution in [3.63, 3.8) is 0 Å². The fourth-order valence-electron chi connectivity index (χ4n) is 5.85. The summed E-state index contributed by atoms with van der Waals surface area (Å²) in [5.41, 5.74) is 0. The molecule has 0 amide bonds. The number of ketones is 1. The summed E-state index contributed by atoms with van der Waals surface area (Å²) in [5.74, 6) is -0.566. The third-order valence-electron chi connectivity index (χ3n) is 7.59. The van der Waals surface area contributed by atoms with E-state index in [1.165, 1.54) is 10.4 Å². The highest BCUT2D eigenvalue weighted by Crippen LogP contribution is 2.41. The van der Waals surface area contributed by atoms with E-state index in [4.69, 9.17) is 9.16 Å². The highest BCUT2D eigenvalue weighted by atomic mass is 28.4. The van der Waals surface area contributed by atoms with Crippen LogP contribution in [0.2, 0.25) is 5.04 Å². The van der Waals surface area contributed by atoms with E-state index in [1.807, 2.05) is 25.1 Å². The minimum absolute atomic E-state index is 0.0927. The Kier molecular flexibility index (Phi) is 7.77. The van der Waals surface area contributed by atoms with Crippen molar-refractivity contribution in [2.75, 3.05) is 0 Å². The predicted molar refractivity (Wildman–Crippen MR) is 142 cm³/mol. The molecule has 0 radical (unpaired) electrons. The maximum atomic E-state index is 13.0. The summed E-state index contributed by atoms with van der Waals surface area (Å²) < 4.78 is 13.1. The number of cyclic esters (lactones) is 1. The number of esters is 1. The number of carbonyl (C=O) groups is 2. The molecule has 0 unspecified atom stereocenters. The Hall–Kier alpha value is -2.50. The molecule has 0 saturated carbocycles. The summed E-state index contributed by atoms with van der Waals surface area (Å²) in [7, 11) is -2.84. The van der Waals surface area contributed by atoms with Crippen LogP contribution in [0.15, 0.2) is 72.8 Å². The molecule has 4 rings (SSSR count). The lowest BCUT2D eigenvalue weighted by molar-refractivity contribution is -0.152. The highest BCUT2D eigenvalue weighted by molar-refractivity contribution is 6.99. The number of ether oxygens (including phenoxy) is 1. The van der Waals surface area contributed by atoms with Crippen LogP contribution < -0.4 is 10.4 Å². The molecule has 4 nitrogen and oxygen atoms in total. The first-order valence-corrected chi connectivity index (χ1v) is 14.8. The van der Waals surface area contributed by atoms with Gasteiger partial charge in [-0.15, -0.1) is 0 Å². The van der Waals surface area contributed by atoms with Crippen LogP contribution in [0.4, 0.5) is 0 Å². The standard InChI is InChI=1S/C30H38O4Si/c1-22-13-11-12-18-25-26(21-29(32)33-22)28(20-19-27(25)31)34-35(30(2,3)4,23-14-7-5-8-15-23)24-16-9-6-10-17-24/h5-10,14-17,19-20,22,25-26,28H,11-13,18,21H2,1-4H3/t22-,25-,26+,28-/m0/s1. The number of carbonyl (C=O) groups excluding carboxylic acids is 2. The van der Waals surface area contributed by atoms with Gasteiger partial charge in [0.05, 0.1) is 18.6 Å². The number of fused-ring (bicyclic) bond motifs is 1. The Bertz CT molecular complexity index is 1000. The molecule has 1 aliphatic heterocycles. The lowest BCUT2D eigenvalue weighted by Crippen LogP contribution is -2.68. The van der Waals surface area contributed by atoms with Gasteiger partial charge in [-0.25, -0.2) is 0 Å². The van der Waals surface area contributed by atoms with Crippen LogP contribution in [0.25, 0.3) is 0 Å². The normalized spacial score (nSPS) is 26.1. The summed E-state index contributed by atoms with van der Waals surface area (Å²) in [5, 5.41) is 2.19. The zero-order valence-corrected chi connectivity index (χ0v) is 22.4. The maximum Gasteiger partial charge on any atom is 0.306 e. The zero-order chi connectivity index (χ0) is 25.1. The molecule has 0 aromatic heterocycles. The van der Waals surface area contributed by atoms with Gasteiger partial charge >= 0.3 is 5.97 Å². The van der Waals surface area contributed by atoms with E-state index in [9.17, 15) is 9.59 Å². The molecule has 1 saturated heterocycles. The average Bonchev–Trinajstić information content (AvgIpc) is 2.83. The monoisotopic (exact) mass is 490 g/mol. The molecule has 0 spiro atoms. The first-order valence-electron chi connectivity index (χ1n) is 12.9.